The van der Waals surface area contributed by atoms with Gasteiger partial charge in [-0.05, 0) is 57.8 Å². The van der Waals surface area contributed by atoms with E-state index in [1.807, 2.05) is 6.08 Å². The van der Waals surface area contributed by atoms with Crippen molar-refractivity contribution in [3.8, 4) is 0 Å². The van der Waals surface area contributed by atoms with E-state index >= 15 is 0 Å². The molecule has 2 rings (SSSR count). The maximum atomic E-state index is 10.8. The summed E-state index contributed by atoms with van der Waals surface area (Å²) in [6, 6.07) is 0. The Labute approximate surface area is 188 Å². The van der Waals surface area contributed by atoms with Crippen molar-refractivity contribution < 1.29 is 24.4 Å². The first-order valence-electron chi connectivity index (χ1n) is 12.3. The third-order valence-electron chi connectivity index (χ3n) is 6.11. The summed E-state index contributed by atoms with van der Waals surface area (Å²) in [7, 11) is 0. The number of carbonyl (C=O) groups is 1. The van der Waals surface area contributed by atoms with E-state index in [1.54, 1.807) is 0 Å². The van der Waals surface area contributed by atoms with Crippen LogP contribution in [0.2, 0.25) is 0 Å². The quantitative estimate of drug-likeness (QED) is 0.127. The molecule has 0 bridgehead atoms. The van der Waals surface area contributed by atoms with Crippen LogP contribution in [0.4, 0.5) is 0 Å². The normalized spacial score (nSPS) is 26.7. The molecule has 2 aliphatic rings. The lowest BCUT2D eigenvalue weighted by atomic mass is 10.0. The van der Waals surface area contributed by atoms with Gasteiger partial charge in [0.25, 0.3) is 0 Å². The maximum Gasteiger partial charge on any atom is 0.306 e. The zero-order valence-electron chi connectivity index (χ0n) is 19.1. The zero-order valence-corrected chi connectivity index (χ0v) is 19.1. The molecule has 2 saturated heterocycles. The molecule has 0 aromatic heterocycles. The second-order valence-corrected chi connectivity index (χ2v) is 8.82. The van der Waals surface area contributed by atoms with Crippen molar-refractivity contribution in [3.63, 3.8) is 0 Å². The highest BCUT2D eigenvalue weighted by Crippen LogP contribution is 2.31. The van der Waals surface area contributed by atoms with Gasteiger partial charge in [0.1, 0.15) is 12.2 Å². The number of aliphatic carboxylic acids is 1. The fraction of sp³-hybridized carbons (Fsp3) is 0.731. The van der Waals surface area contributed by atoms with E-state index in [4.69, 9.17) is 19.6 Å². The lowest BCUT2D eigenvalue weighted by molar-refractivity contribution is -0.385. The Morgan fingerprint density at radius 1 is 0.806 bits per heavy atom. The average Bonchev–Trinajstić information content (AvgIpc) is 3.23. The van der Waals surface area contributed by atoms with Gasteiger partial charge in [-0.3, -0.25) is 4.79 Å². The standard InChI is InChI=1S/C26H42O5/c1-2-3-4-5-6-7-8-9-10-11-12-13-14-15-16-22-17-19-24(29-22)25-20-18-23(30-31-25)21-26(27)28/h2,5-8,22-25H,1,3-4,9-21H2,(H,27,28)/b6-5+,8-7+/t22-,23+,24-,25+/m0/s1. The summed E-state index contributed by atoms with van der Waals surface area (Å²) in [6.45, 7) is 3.72. The lowest BCUT2D eigenvalue weighted by Gasteiger charge is -2.30. The van der Waals surface area contributed by atoms with Gasteiger partial charge >= 0.3 is 5.97 Å². The summed E-state index contributed by atoms with van der Waals surface area (Å²) >= 11 is 0. The first-order chi connectivity index (χ1) is 15.2. The highest BCUT2D eigenvalue weighted by Gasteiger charge is 2.36. The average molecular weight is 435 g/mol. The molecule has 0 spiro atoms. The third-order valence-corrected chi connectivity index (χ3v) is 6.11. The Kier molecular flexibility index (Phi) is 13.5. The molecule has 2 aliphatic heterocycles. The van der Waals surface area contributed by atoms with E-state index in [2.05, 4.69) is 30.9 Å². The Balaban J connectivity index is 1.41. The topological polar surface area (TPSA) is 65.0 Å². The summed E-state index contributed by atoms with van der Waals surface area (Å²) in [4.78, 5) is 21.5. The molecule has 0 saturated carbocycles. The molecule has 0 radical (unpaired) electrons. The number of carboxylic acids is 1. The van der Waals surface area contributed by atoms with E-state index in [0.29, 0.717) is 6.10 Å². The largest absolute Gasteiger partial charge is 0.481 e. The molecule has 0 aliphatic carbocycles. The van der Waals surface area contributed by atoms with Gasteiger partial charge in [-0.2, -0.15) is 0 Å². The molecule has 2 heterocycles. The van der Waals surface area contributed by atoms with Gasteiger partial charge in [0.15, 0.2) is 0 Å². The number of allylic oxidation sites excluding steroid dienone is 5. The minimum Gasteiger partial charge on any atom is -0.481 e. The fourth-order valence-electron chi connectivity index (χ4n) is 4.30. The molecule has 2 fully saturated rings. The molecule has 31 heavy (non-hydrogen) atoms. The Morgan fingerprint density at radius 2 is 1.48 bits per heavy atom. The van der Waals surface area contributed by atoms with Crippen LogP contribution in [0.1, 0.15) is 96.3 Å². The molecular weight excluding hydrogens is 392 g/mol. The van der Waals surface area contributed by atoms with Crippen LogP contribution in [0, 0.1) is 0 Å². The van der Waals surface area contributed by atoms with Gasteiger partial charge in [0, 0.05) is 0 Å². The minimum absolute atomic E-state index is 0.00529. The predicted molar refractivity (Wildman–Crippen MR) is 124 cm³/mol. The van der Waals surface area contributed by atoms with E-state index in [9.17, 15) is 4.79 Å². The minimum atomic E-state index is -0.844. The molecule has 5 nitrogen and oxygen atoms in total. The van der Waals surface area contributed by atoms with Crippen LogP contribution in [-0.4, -0.2) is 35.5 Å². The number of ether oxygens (including phenoxy) is 1. The first kappa shape index (κ1) is 25.8. The van der Waals surface area contributed by atoms with Crippen molar-refractivity contribution in [1.29, 1.82) is 0 Å². The van der Waals surface area contributed by atoms with E-state index in [-0.39, 0.29) is 24.7 Å². The maximum absolute atomic E-state index is 10.8. The third kappa shape index (κ3) is 11.7. The van der Waals surface area contributed by atoms with Gasteiger partial charge in [-0.15, -0.1) is 6.58 Å². The predicted octanol–water partition coefficient (Wildman–Crippen LogP) is 6.69. The molecule has 0 aromatic rings. The highest BCUT2D eigenvalue weighted by atomic mass is 17.2. The van der Waals surface area contributed by atoms with Gasteiger partial charge in [-0.1, -0.05) is 62.5 Å². The molecule has 4 atom stereocenters. The molecule has 1 N–H and O–H groups in total. The van der Waals surface area contributed by atoms with Crippen LogP contribution in [0.5, 0.6) is 0 Å². The summed E-state index contributed by atoms with van der Waals surface area (Å²) in [5, 5.41) is 8.84. The van der Waals surface area contributed by atoms with Crippen LogP contribution in [0.25, 0.3) is 0 Å². The molecule has 176 valence electrons. The van der Waals surface area contributed by atoms with Crippen LogP contribution in [0.15, 0.2) is 37.0 Å². The number of rotatable bonds is 16. The van der Waals surface area contributed by atoms with Crippen LogP contribution >= 0.6 is 0 Å². The van der Waals surface area contributed by atoms with Gasteiger partial charge in [0.05, 0.1) is 18.6 Å². The Morgan fingerprint density at radius 3 is 2.19 bits per heavy atom. The van der Waals surface area contributed by atoms with Crippen molar-refractivity contribution in [2.24, 2.45) is 0 Å². The van der Waals surface area contributed by atoms with E-state index in [0.717, 1.165) is 44.9 Å². The molecule has 0 aromatic carbocycles. The number of unbranched alkanes of at least 4 members (excludes halogenated alkanes) is 7. The smallest absolute Gasteiger partial charge is 0.306 e. The second-order valence-electron chi connectivity index (χ2n) is 8.82. The monoisotopic (exact) mass is 434 g/mol. The Bertz CT molecular complexity index is 548. The van der Waals surface area contributed by atoms with E-state index < -0.39 is 5.97 Å². The SMILES string of the molecule is C=CCC/C=C/C=C/CCCCCCCC[C@H]1CC[C@@H]([C@H]2CC[C@H](CC(=O)O)OO2)O1. The van der Waals surface area contributed by atoms with Crippen molar-refractivity contribution in [1.82, 2.24) is 0 Å². The summed E-state index contributed by atoms with van der Waals surface area (Å²) in [5.74, 6) is -0.844. The molecular formula is C26H42O5. The summed E-state index contributed by atoms with van der Waals surface area (Å²) in [6.07, 6.45) is 26.6. The van der Waals surface area contributed by atoms with Crippen molar-refractivity contribution >= 4 is 5.97 Å². The summed E-state index contributed by atoms with van der Waals surface area (Å²) in [5.41, 5.74) is 0. The summed E-state index contributed by atoms with van der Waals surface area (Å²) < 4.78 is 6.19. The second kappa shape index (κ2) is 16.2. The van der Waals surface area contributed by atoms with Crippen LogP contribution < -0.4 is 0 Å². The number of hydrogen-bond donors (Lipinski definition) is 1. The Hall–Kier alpha value is -1.43. The highest BCUT2D eigenvalue weighted by molar-refractivity contribution is 5.67. The van der Waals surface area contributed by atoms with Crippen molar-refractivity contribution in [3.05, 3.63) is 37.0 Å². The van der Waals surface area contributed by atoms with Crippen LogP contribution in [-0.2, 0) is 19.3 Å². The van der Waals surface area contributed by atoms with Gasteiger partial charge < -0.3 is 9.84 Å². The number of carboxylic acid groups (broad SMARTS) is 1. The number of hydrogen-bond acceptors (Lipinski definition) is 4. The van der Waals surface area contributed by atoms with Gasteiger partial charge in [0.2, 0.25) is 0 Å². The molecule has 5 heteroatoms. The first-order valence-corrected chi connectivity index (χ1v) is 12.3. The fourth-order valence-corrected chi connectivity index (χ4v) is 4.30. The van der Waals surface area contributed by atoms with E-state index in [1.165, 1.54) is 44.9 Å². The lowest BCUT2D eigenvalue weighted by Crippen LogP contribution is -2.37. The van der Waals surface area contributed by atoms with Crippen molar-refractivity contribution in [2.75, 3.05) is 0 Å². The van der Waals surface area contributed by atoms with Crippen LogP contribution in [0.3, 0.4) is 0 Å². The molecule has 0 amide bonds. The zero-order chi connectivity index (χ0) is 22.2. The molecule has 0 unspecified atom stereocenters. The van der Waals surface area contributed by atoms with Crippen molar-refractivity contribution in [2.45, 2.75) is 121 Å². The van der Waals surface area contributed by atoms with Gasteiger partial charge in [-0.25, -0.2) is 9.78 Å².